The molecule has 0 aromatic carbocycles. The summed E-state index contributed by atoms with van der Waals surface area (Å²) in [7, 11) is 0. The van der Waals surface area contributed by atoms with E-state index in [0.29, 0.717) is 6.42 Å². The van der Waals surface area contributed by atoms with E-state index < -0.39 is 23.9 Å². The Labute approximate surface area is 170 Å². The lowest BCUT2D eigenvalue weighted by molar-refractivity contribution is -0.127. The van der Waals surface area contributed by atoms with Crippen LogP contribution in [-0.2, 0) is 14.3 Å². The largest absolute Gasteiger partial charge is 0.371 e. The van der Waals surface area contributed by atoms with E-state index in [1.807, 2.05) is 13.8 Å². The summed E-state index contributed by atoms with van der Waals surface area (Å²) in [6.07, 6.45) is 6.05. The van der Waals surface area contributed by atoms with Crippen molar-refractivity contribution in [3.63, 3.8) is 0 Å². The third-order valence-electron chi connectivity index (χ3n) is 5.40. The first-order chi connectivity index (χ1) is 13.9. The average Bonchev–Trinajstić information content (AvgIpc) is 3.31. The minimum Gasteiger partial charge on any atom is -0.371 e. The number of hydrogen-bond acceptors (Lipinski definition) is 5. The van der Waals surface area contributed by atoms with E-state index in [9.17, 15) is 19.2 Å². The van der Waals surface area contributed by atoms with Crippen molar-refractivity contribution in [3.8, 4) is 0 Å². The number of rotatable bonds is 6. The Morgan fingerprint density at radius 1 is 1.28 bits per heavy atom. The van der Waals surface area contributed by atoms with Crippen LogP contribution in [0.1, 0.15) is 63.2 Å². The highest BCUT2D eigenvalue weighted by Gasteiger charge is 2.37. The molecule has 1 aromatic rings. The minimum absolute atomic E-state index is 0.00746. The van der Waals surface area contributed by atoms with Crippen molar-refractivity contribution in [2.75, 3.05) is 13.2 Å². The minimum atomic E-state index is -0.784. The fourth-order valence-corrected chi connectivity index (χ4v) is 3.83. The lowest BCUT2D eigenvalue weighted by Gasteiger charge is -2.29. The van der Waals surface area contributed by atoms with Crippen LogP contribution in [0.25, 0.3) is 0 Å². The molecule has 2 atom stereocenters. The van der Waals surface area contributed by atoms with E-state index in [-0.39, 0.29) is 35.5 Å². The molecule has 0 bridgehead atoms. The molecule has 2 aliphatic rings. The van der Waals surface area contributed by atoms with Crippen LogP contribution in [-0.4, -0.2) is 47.9 Å². The number of H-pyrrole nitrogens is 1. The van der Waals surface area contributed by atoms with Gasteiger partial charge in [0.05, 0.1) is 6.61 Å². The quantitative estimate of drug-likeness (QED) is 0.664. The maximum absolute atomic E-state index is 12.8. The molecular formula is C21H31N3O5. The molecule has 1 saturated carbocycles. The third-order valence-corrected chi connectivity index (χ3v) is 5.40. The van der Waals surface area contributed by atoms with Gasteiger partial charge in [0.15, 0.2) is 5.78 Å². The van der Waals surface area contributed by atoms with Crippen molar-refractivity contribution in [1.29, 1.82) is 0 Å². The summed E-state index contributed by atoms with van der Waals surface area (Å²) in [5.74, 6) is -1.06. The second kappa shape index (κ2) is 10.3. The maximum atomic E-state index is 12.8. The van der Waals surface area contributed by atoms with Gasteiger partial charge < -0.3 is 20.4 Å². The van der Waals surface area contributed by atoms with Crippen molar-refractivity contribution >= 4 is 17.6 Å². The molecule has 3 rings (SSSR count). The predicted molar refractivity (Wildman–Crippen MR) is 109 cm³/mol. The molecule has 2 heterocycles. The summed E-state index contributed by atoms with van der Waals surface area (Å²) in [6, 6.07) is 1.22. The molecule has 29 heavy (non-hydrogen) atoms. The number of carbonyl (C=O) groups is 3. The van der Waals surface area contributed by atoms with Crippen LogP contribution >= 0.6 is 0 Å². The van der Waals surface area contributed by atoms with Gasteiger partial charge in [0.1, 0.15) is 18.7 Å². The van der Waals surface area contributed by atoms with Gasteiger partial charge in [-0.05, 0) is 30.7 Å². The van der Waals surface area contributed by atoms with Crippen LogP contribution in [0, 0.1) is 5.41 Å². The Hall–Kier alpha value is -2.48. The molecular weight excluding hydrogens is 374 g/mol. The molecule has 3 N–H and O–H groups in total. The number of aromatic nitrogens is 1. The molecule has 8 nitrogen and oxygen atoms in total. The number of carbonyl (C=O) groups excluding carboxylic acids is 3. The smallest absolute Gasteiger partial charge is 0.252 e. The van der Waals surface area contributed by atoms with Gasteiger partial charge in [0.2, 0.25) is 11.5 Å². The van der Waals surface area contributed by atoms with Crippen molar-refractivity contribution in [2.45, 2.75) is 65.0 Å². The van der Waals surface area contributed by atoms with E-state index >= 15 is 0 Å². The Balaban J connectivity index is 0.00000145. The Morgan fingerprint density at radius 2 is 1.97 bits per heavy atom. The van der Waals surface area contributed by atoms with Gasteiger partial charge in [0, 0.05) is 17.8 Å². The number of ether oxygens (including phenoxy) is 1. The number of nitrogens with one attached hydrogen (secondary N) is 3. The molecule has 0 spiro atoms. The van der Waals surface area contributed by atoms with E-state index in [1.54, 1.807) is 0 Å². The monoisotopic (exact) mass is 405 g/mol. The van der Waals surface area contributed by atoms with Crippen LogP contribution in [0.2, 0.25) is 0 Å². The number of pyridine rings is 1. The molecule has 8 heteroatoms. The normalized spacial score (nSPS) is 21.1. The third kappa shape index (κ3) is 6.25. The average molecular weight is 405 g/mol. The van der Waals surface area contributed by atoms with Crippen molar-refractivity contribution in [3.05, 3.63) is 34.2 Å². The maximum Gasteiger partial charge on any atom is 0.252 e. The van der Waals surface area contributed by atoms with Crippen molar-refractivity contribution in [1.82, 2.24) is 15.6 Å². The van der Waals surface area contributed by atoms with Crippen LogP contribution in [0.5, 0.6) is 0 Å². The van der Waals surface area contributed by atoms with Gasteiger partial charge in [-0.3, -0.25) is 19.2 Å². The van der Waals surface area contributed by atoms with Crippen molar-refractivity contribution < 1.29 is 19.1 Å². The summed E-state index contributed by atoms with van der Waals surface area (Å²) < 4.78 is 5.08. The molecule has 1 aliphatic heterocycles. The molecule has 2 fully saturated rings. The first-order valence-electron chi connectivity index (χ1n) is 10.3. The Bertz CT molecular complexity index is 783. The topological polar surface area (TPSA) is 117 Å². The molecule has 2 unspecified atom stereocenters. The number of hydrogen-bond donors (Lipinski definition) is 3. The van der Waals surface area contributed by atoms with Gasteiger partial charge in [-0.1, -0.05) is 33.6 Å². The van der Waals surface area contributed by atoms with Crippen LogP contribution in [0.15, 0.2) is 23.1 Å². The second-order valence-corrected chi connectivity index (χ2v) is 7.73. The lowest BCUT2D eigenvalue weighted by Crippen LogP contribution is -2.52. The highest BCUT2D eigenvalue weighted by molar-refractivity contribution is 5.98. The number of aromatic amines is 1. The van der Waals surface area contributed by atoms with Crippen LogP contribution in [0.4, 0.5) is 0 Å². The molecule has 2 amide bonds. The molecule has 1 saturated heterocycles. The van der Waals surface area contributed by atoms with Crippen LogP contribution < -0.4 is 16.2 Å². The fourth-order valence-electron chi connectivity index (χ4n) is 3.83. The van der Waals surface area contributed by atoms with Gasteiger partial charge >= 0.3 is 0 Å². The second-order valence-electron chi connectivity index (χ2n) is 7.73. The van der Waals surface area contributed by atoms with Gasteiger partial charge in [-0.15, -0.1) is 0 Å². The van der Waals surface area contributed by atoms with E-state index in [4.69, 9.17) is 4.74 Å². The first-order valence-corrected chi connectivity index (χ1v) is 10.3. The van der Waals surface area contributed by atoms with E-state index in [1.165, 1.54) is 18.3 Å². The summed E-state index contributed by atoms with van der Waals surface area (Å²) in [5.41, 5.74) is -0.242. The van der Waals surface area contributed by atoms with Crippen LogP contribution in [0.3, 0.4) is 0 Å². The molecule has 0 radical (unpaired) electrons. The molecule has 1 aromatic heterocycles. The first kappa shape index (κ1) is 22.8. The predicted octanol–water partition coefficient (Wildman–Crippen LogP) is 1.55. The fraction of sp³-hybridized carbons (Fsp3) is 0.619. The standard InChI is InChI=1S/C19H25N3O5.C2H6/c1-19(5-2-3-6-19)9-13(18(26)22-14-10-27-11-15(14)23)21-17(25)12-4-7-20-16(24)8-12;1-2/h4,7-8,13-14H,2-3,5-6,9-11H2,1H3,(H,20,24)(H,21,25)(H,22,26);1-2H3. The zero-order valence-corrected chi connectivity index (χ0v) is 17.4. The molecule has 160 valence electrons. The summed E-state index contributed by atoms with van der Waals surface area (Å²) in [5, 5.41) is 5.44. The highest BCUT2D eigenvalue weighted by atomic mass is 16.5. The summed E-state index contributed by atoms with van der Waals surface area (Å²) >= 11 is 0. The van der Waals surface area contributed by atoms with Gasteiger partial charge in [-0.2, -0.15) is 0 Å². The summed E-state index contributed by atoms with van der Waals surface area (Å²) in [6.45, 7) is 6.26. The zero-order valence-electron chi connectivity index (χ0n) is 17.4. The van der Waals surface area contributed by atoms with E-state index in [2.05, 4.69) is 22.5 Å². The van der Waals surface area contributed by atoms with Crippen molar-refractivity contribution in [2.24, 2.45) is 5.41 Å². The Morgan fingerprint density at radius 3 is 2.55 bits per heavy atom. The number of ketones is 1. The number of Topliss-reactive ketones (excluding diaryl/α,β-unsaturated/α-hetero) is 1. The number of amides is 2. The van der Waals surface area contributed by atoms with Gasteiger partial charge in [-0.25, -0.2) is 0 Å². The highest BCUT2D eigenvalue weighted by Crippen LogP contribution is 2.41. The van der Waals surface area contributed by atoms with E-state index in [0.717, 1.165) is 25.7 Å². The lowest BCUT2D eigenvalue weighted by atomic mass is 9.81. The van der Waals surface area contributed by atoms with Gasteiger partial charge in [0.25, 0.3) is 5.91 Å². The SMILES string of the molecule is CC.CC1(CC(NC(=O)c2cc[nH]c(=O)c2)C(=O)NC2COCC2=O)CCCC1. The Kier molecular flexibility index (Phi) is 8.13. The molecule has 1 aliphatic carbocycles. The zero-order chi connectivity index (χ0) is 21.4. The summed E-state index contributed by atoms with van der Waals surface area (Å²) in [4.78, 5) is 51.0.